The lowest BCUT2D eigenvalue weighted by Gasteiger charge is -2.20. The fourth-order valence-electron chi connectivity index (χ4n) is 2.33. The van der Waals surface area contributed by atoms with E-state index in [1.165, 1.54) is 18.2 Å². The molecule has 2 N–H and O–H groups in total. The zero-order valence-corrected chi connectivity index (χ0v) is 10.7. The molecule has 4 heteroatoms. The predicted octanol–water partition coefficient (Wildman–Crippen LogP) is 2.67. The number of anilines is 1. The van der Waals surface area contributed by atoms with Crippen LogP contribution >= 0.6 is 0 Å². The average Bonchev–Trinajstić information content (AvgIpc) is 2.57. The van der Waals surface area contributed by atoms with Gasteiger partial charge in [0.1, 0.15) is 5.82 Å². The van der Waals surface area contributed by atoms with E-state index < -0.39 is 5.82 Å². The number of likely N-dealkylation sites (tertiary alicyclic amines) is 1. The Kier molecular flexibility index (Phi) is 3.84. The van der Waals surface area contributed by atoms with Crippen LogP contribution in [0.2, 0.25) is 0 Å². The number of benzene rings is 1. The van der Waals surface area contributed by atoms with Gasteiger partial charge < -0.3 is 10.6 Å². The molecule has 0 radical (unpaired) electrons. The Labute approximate surface area is 107 Å². The molecular weight excluding hydrogens is 231 g/mol. The number of nitrogens with zero attached hydrogens (tertiary/aromatic N) is 1. The van der Waals surface area contributed by atoms with Crippen molar-refractivity contribution in [3.63, 3.8) is 0 Å². The zero-order valence-electron chi connectivity index (χ0n) is 10.7. The highest BCUT2D eigenvalue weighted by molar-refractivity contribution is 5.95. The van der Waals surface area contributed by atoms with Gasteiger partial charge in [-0.05, 0) is 43.4 Å². The molecule has 1 saturated heterocycles. The summed E-state index contributed by atoms with van der Waals surface area (Å²) in [5.74, 6) is 0.146. The van der Waals surface area contributed by atoms with Crippen LogP contribution in [-0.4, -0.2) is 23.9 Å². The van der Waals surface area contributed by atoms with Crippen molar-refractivity contribution in [1.82, 2.24) is 4.90 Å². The van der Waals surface area contributed by atoms with E-state index in [0.29, 0.717) is 11.5 Å². The number of nitrogens with two attached hydrogens (primary N) is 1. The van der Waals surface area contributed by atoms with Crippen molar-refractivity contribution in [1.29, 1.82) is 0 Å². The molecule has 2 rings (SSSR count). The minimum Gasteiger partial charge on any atom is -0.396 e. The number of amides is 1. The van der Waals surface area contributed by atoms with Crippen LogP contribution in [0.25, 0.3) is 0 Å². The van der Waals surface area contributed by atoms with Crippen molar-refractivity contribution in [2.75, 3.05) is 18.8 Å². The summed E-state index contributed by atoms with van der Waals surface area (Å²) < 4.78 is 13.1. The average molecular weight is 250 g/mol. The quantitative estimate of drug-likeness (QED) is 0.779. The van der Waals surface area contributed by atoms with E-state index in [9.17, 15) is 9.18 Å². The molecule has 1 aliphatic rings. The van der Waals surface area contributed by atoms with Crippen LogP contribution in [0.4, 0.5) is 10.1 Å². The van der Waals surface area contributed by atoms with Gasteiger partial charge in [0.05, 0.1) is 5.69 Å². The number of halogens is 1. The summed E-state index contributed by atoms with van der Waals surface area (Å²) in [5.41, 5.74) is 6.00. The van der Waals surface area contributed by atoms with E-state index in [1.54, 1.807) is 0 Å². The molecular formula is C14H19FN2O. The monoisotopic (exact) mass is 250 g/mol. The lowest BCUT2D eigenvalue weighted by Crippen LogP contribution is -2.32. The lowest BCUT2D eigenvalue weighted by atomic mass is 10.0. The number of rotatable bonds is 1. The number of carbonyl (C=O) groups excluding carboxylic acids is 1. The molecule has 0 bridgehead atoms. The molecule has 18 heavy (non-hydrogen) atoms. The Bertz CT molecular complexity index is 447. The summed E-state index contributed by atoms with van der Waals surface area (Å²) in [4.78, 5) is 14.1. The topological polar surface area (TPSA) is 46.3 Å². The number of hydrogen-bond acceptors (Lipinski definition) is 2. The van der Waals surface area contributed by atoms with Crippen LogP contribution in [0.3, 0.4) is 0 Å². The first kappa shape index (κ1) is 12.9. The Hall–Kier alpha value is -1.58. The Balaban J connectivity index is 2.12. The summed E-state index contributed by atoms with van der Waals surface area (Å²) >= 11 is 0. The van der Waals surface area contributed by atoms with Gasteiger partial charge in [-0.3, -0.25) is 4.79 Å². The molecule has 1 aliphatic heterocycles. The minimum atomic E-state index is -0.476. The number of carbonyl (C=O) groups is 1. The molecule has 0 spiro atoms. The van der Waals surface area contributed by atoms with E-state index in [0.717, 1.165) is 32.4 Å². The summed E-state index contributed by atoms with van der Waals surface area (Å²) in [6.45, 7) is 3.77. The zero-order chi connectivity index (χ0) is 13.1. The van der Waals surface area contributed by atoms with Crippen LogP contribution in [0, 0.1) is 11.7 Å². The normalized spacial score (nSPS) is 20.6. The van der Waals surface area contributed by atoms with Gasteiger partial charge in [-0.2, -0.15) is 0 Å². The van der Waals surface area contributed by atoms with Crippen LogP contribution in [0.15, 0.2) is 18.2 Å². The molecule has 3 nitrogen and oxygen atoms in total. The van der Waals surface area contributed by atoms with Gasteiger partial charge in [0, 0.05) is 18.7 Å². The van der Waals surface area contributed by atoms with E-state index in [2.05, 4.69) is 6.92 Å². The summed E-state index contributed by atoms with van der Waals surface area (Å²) in [7, 11) is 0. The largest absolute Gasteiger partial charge is 0.396 e. The van der Waals surface area contributed by atoms with Gasteiger partial charge in [0.2, 0.25) is 0 Å². The molecule has 1 heterocycles. The van der Waals surface area contributed by atoms with Gasteiger partial charge in [-0.15, -0.1) is 0 Å². The highest BCUT2D eigenvalue weighted by Gasteiger charge is 2.20. The minimum absolute atomic E-state index is 0.0315. The molecule has 1 amide bonds. The van der Waals surface area contributed by atoms with Crippen molar-refractivity contribution in [3.05, 3.63) is 29.6 Å². The molecule has 1 unspecified atom stereocenters. The SMILES string of the molecule is CC1CCCN(C(=O)c2ccc(F)c(N)c2)CC1. The van der Waals surface area contributed by atoms with Gasteiger partial charge >= 0.3 is 0 Å². The van der Waals surface area contributed by atoms with Crippen LogP contribution in [0.1, 0.15) is 36.5 Å². The van der Waals surface area contributed by atoms with Crippen LogP contribution < -0.4 is 5.73 Å². The van der Waals surface area contributed by atoms with Crippen molar-refractivity contribution < 1.29 is 9.18 Å². The van der Waals surface area contributed by atoms with Crippen molar-refractivity contribution in [2.24, 2.45) is 5.92 Å². The van der Waals surface area contributed by atoms with E-state index >= 15 is 0 Å². The maximum Gasteiger partial charge on any atom is 0.253 e. The maximum absolute atomic E-state index is 13.1. The summed E-state index contributed by atoms with van der Waals surface area (Å²) in [6.07, 6.45) is 3.22. The van der Waals surface area contributed by atoms with Crippen molar-refractivity contribution in [2.45, 2.75) is 26.2 Å². The smallest absolute Gasteiger partial charge is 0.253 e. The molecule has 0 aliphatic carbocycles. The van der Waals surface area contributed by atoms with Gasteiger partial charge in [0.15, 0.2) is 0 Å². The third-order valence-electron chi connectivity index (χ3n) is 3.55. The Morgan fingerprint density at radius 1 is 1.39 bits per heavy atom. The fraction of sp³-hybridized carbons (Fsp3) is 0.500. The van der Waals surface area contributed by atoms with Crippen LogP contribution in [-0.2, 0) is 0 Å². The third kappa shape index (κ3) is 2.81. The van der Waals surface area contributed by atoms with Crippen LogP contribution in [0.5, 0.6) is 0 Å². The third-order valence-corrected chi connectivity index (χ3v) is 3.55. The van der Waals surface area contributed by atoms with Gasteiger partial charge in [0.25, 0.3) is 5.91 Å². The molecule has 0 saturated carbocycles. The standard InChI is InChI=1S/C14H19FN2O/c1-10-3-2-7-17(8-6-10)14(18)11-4-5-12(15)13(16)9-11/h4-5,9-10H,2-3,6-8,16H2,1H3. The summed E-state index contributed by atoms with van der Waals surface area (Å²) in [6, 6.07) is 4.18. The molecule has 1 atom stereocenters. The summed E-state index contributed by atoms with van der Waals surface area (Å²) in [5, 5.41) is 0. The molecule has 1 aromatic rings. The van der Waals surface area contributed by atoms with E-state index in [4.69, 9.17) is 5.73 Å². The highest BCUT2D eigenvalue weighted by atomic mass is 19.1. The second-order valence-corrected chi connectivity index (χ2v) is 5.06. The van der Waals surface area contributed by atoms with Crippen molar-refractivity contribution in [3.8, 4) is 0 Å². The molecule has 98 valence electrons. The van der Waals surface area contributed by atoms with Gasteiger partial charge in [-0.1, -0.05) is 6.92 Å². The Morgan fingerprint density at radius 2 is 2.17 bits per heavy atom. The number of hydrogen-bond donors (Lipinski definition) is 1. The second kappa shape index (κ2) is 5.38. The van der Waals surface area contributed by atoms with E-state index in [-0.39, 0.29) is 11.6 Å². The van der Waals surface area contributed by atoms with Gasteiger partial charge in [-0.25, -0.2) is 4.39 Å². The number of nitrogen functional groups attached to an aromatic ring is 1. The predicted molar refractivity (Wildman–Crippen MR) is 69.7 cm³/mol. The maximum atomic E-state index is 13.1. The first-order valence-corrected chi connectivity index (χ1v) is 6.42. The van der Waals surface area contributed by atoms with Crippen molar-refractivity contribution >= 4 is 11.6 Å². The van der Waals surface area contributed by atoms with E-state index in [1.807, 2.05) is 4.90 Å². The Morgan fingerprint density at radius 3 is 2.89 bits per heavy atom. The highest BCUT2D eigenvalue weighted by Crippen LogP contribution is 2.19. The molecule has 1 aromatic carbocycles. The molecule has 0 aromatic heterocycles. The first-order chi connectivity index (χ1) is 8.58. The fourth-order valence-corrected chi connectivity index (χ4v) is 2.33. The second-order valence-electron chi connectivity index (χ2n) is 5.06. The lowest BCUT2D eigenvalue weighted by molar-refractivity contribution is 0.0760. The first-order valence-electron chi connectivity index (χ1n) is 6.42. The molecule has 1 fully saturated rings.